The summed E-state index contributed by atoms with van der Waals surface area (Å²) >= 11 is 0. The van der Waals surface area contributed by atoms with Crippen LogP contribution in [0.15, 0.2) is 24.3 Å². The topological polar surface area (TPSA) is 50.8 Å². The Bertz CT molecular complexity index is 662. The third-order valence-electron chi connectivity index (χ3n) is 6.17. The van der Waals surface area contributed by atoms with Crippen LogP contribution in [0.3, 0.4) is 0 Å². The third-order valence-corrected chi connectivity index (χ3v) is 6.17. The first kappa shape index (κ1) is 26.7. The van der Waals surface area contributed by atoms with Crippen LogP contribution in [0.4, 0.5) is 5.69 Å². The highest BCUT2D eigenvalue weighted by Gasteiger charge is 2.40. The highest BCUT2D eigenvalue weighted by Crippen LogP contribution is 2.31. The average Bonchev–Trinajstić information content (AvgIpc) is 2.73. The molecule has 1 aromatic rings. The molecule has 0 unspecified atom stereocenters. The van der Waals surface area contributed by atoms with Crippen LogP contribution in [0.5, 0.6) is 5.75 Å². The van der Waals surface area contributed by atoms with Gasteiger partial charge in [-0.15, -0.1) is 0 Å². The SMILES string of the molecule is CCCOC(CC(C)C)(CC(C)C)C(=O)Nc1ccc(OCCN2CCCC[C@H]2C)cc1. The maximum absolute atomic E-state index is 13.4. The molecule has 0 spiro atoms. The van der Waals surface area contributed by atoms with E-state index in [1.165, 1.54) is 25.8 Å². The van der Waals surface area contributed by atoms with Crippen molar-refractivity contribution in [1.82, 2.24) is 4.90 Å². The maximum atomic E-state index is 13.4. The van der Waals surface area contributed by atoms with E-state index in [1.54, 1.807) is 0 Å². The molecule has 1 aromatic carbocycles. The summed E-state index contributed by atoms with van der Waals surface area (Å²) < 4.78 is 12.2. The molecule has 182 valence electrons. The number of carbonyl (C=O) groups is 1. The smallest absolute Gasteiger partial charge is 0.256 e. The van der Waals surface area contributed by atoms with E-state index in [2.05, 4.69) is 51.8 Å². The van der Waals surface area contributed by atoms with Crippen molar-refractivity contribution in [3.63, 3.8) is 0 Å². The summed E-state index contributed by atoms with van der Waals surface area (Å²) in [6.07, 6.45) is 6.24. The van der Waals surface area contributed by atoms with Crippen molar-refractivity contribution >= 4 is 11.6 Å². The number of rotatable bonds is 13. The number of amides is 1. The lowest BCUT2D eigenvalue weighted by Gasteiger charge is -2.35. The molecule has 1 N–H and O–H groups in total. The van der Waals surface area contributed by atoms with E-state index in [0.717, 1.165) is 24.4 Å². The summed E-state index contributed by atoms with van der Waals surface area (Å²) in [4.78, 5) is 15.9. The van der Waals surface area contributed by atoms with Gasteiger partial charge in [-0.3, -0.25) is 9.69 Å². The minimum atomic E-state index is -0.793. The van der Waals surface area contributed by atoms with Gasteiger partial charge in [-0.2, -0.15) is 0 Å². The monoisotopic (exact) mass is 446 g/mol. The number of piperidine rings is 1. The van der Waals surface area contributed by atoms with Gasteiger partial charge in [-0.25, -0.2) is 0 Å². The molecule has 32 heavy (non-hydrogen) atoms. The van der Waals surface area contributed by atoms with Crippen molar-refractivity contribution in [3.8, 4) is 5.75 Å². The fraction of sp³-hybridized carbons (Fsp3) is 0.741. The lowest BCUT2D eigenvalue weighted by molar-refractivity contribution is -0.147. The van der Waals surface area contributed by atoms with E-state index in [0.29, 0.717) is 43.9 Å². The van der Waals surface area contributed by atoms with Gasteiger partial charge in [0.15, 0.2) is 0 Å². The molecular weight excluding hydrogens is 400 g/mol. The first-order chi connectivity index (χ1) is 15.3. The first-order valence-electron chi connectivity index (χ1n) is 12.7. The second-order valence-corrected chi connectivity index (χ2v) is 10.2. The number of benzene rings is 1. The van der Waals surface area contributed by atoms with Gasteiger partial charge in [0, 0.05) is 24.9 Å². The van der Waals surface area contributed by atoms with Crippen LogP contribution in [-0.2, 0) is 9.53 Å². The van der Waals surface area contributed by atoms with Gasteiger partial charge in [0.05, 0.1) is 0 Å². The molecular formula is C27H46N2O3. The van der Waals surface area contributed by atoms with Crippen molar-refractivity contribution in [2.75, 3.05) is 31.6 Å². The number of hydrogen-bond acceptors (Lipinski definition) is 4. The number of hydrogen-bond donors (Lipinski definition) is 1. The minimum Gasteiger partial charge on any atom is -0.492 e. The van der Waals surface area contributed by atoms with Crippen LogP contribution >= 0.6 is 0 Å². The molecule has 0 saturated carbocycles. The number of ether oxygens (including phenoxy) is 2. The molecule has 1 atom stereocenters. The van der Waals surface area contributed by atoms with Gasteiger partial charge >= 0.3 is 0 Å². The largest absolute Gasteiger partial charge is 0.492 e. The van der Waals surface area contributed by atoms with Crippen LogP contribution in [0.25, 0.3) is 0 Å². The van der Waals surface area contributed by atoms with E-state index in [1.807, 2.05) is 24.3 Å². The lowest BCUT2D eigenvalue weighted by atomic mass is 9.83. The van der Waals surface area contributed by atoms with E-state index < -0.39 is 5.60 Å². The Kier molecular flexibility index (Phi) is 11.0. The Morgan fingerprint density at radius 3 is 2.31 bits per heavy atom. The van der Waals surface area contributed by atoms with Gasteiger partial charge < -0.3 is 14.8 Å². The van der Waals surface area contributed by atoms with Crippen LogP contribution in [0, 0.1) is 11.8 Å². The molecule has 0 bridgehead atoms. The molecule has 0 aliphatic carbocycles. The molecule has 5 nitrogen and oxygen atoms in total. The summed E-state index contributed by atoms with van der Waals surface area (Å²) in [6, 6.07) is 8.37. The number of anilines is 1. The normalized spacial score (nSPS) is 17.7. The minimum absolute atomic E-state index is 0.0406. The van der Waals surface area contributed by atoms with Gasteiger partial charge in [-0.05, 0) is 81.7 Å². The Morgan fingerprint density at radius 2 is 1.75 bits per heavy atom. The molecule has 1 aliphatic rings. The third kappa shape index (κ3) is 8.40. The summed E-state index contributed by atoms with van der Waals surface area (Å²) in [6.45, 7) is 16.4. The highest BCUT2D eigenvalue weighted by atomic mass is 16.5. The second kappa shape index (κ2) is 13.2. The Labute approximate surface area is 196 Å². The van der Waals surface area contributed by atoms with Gasteiger partial charge in [0.2, 0.25) is 0 Å². The number of likely N-dealkylation sites (tertiary alicyclic amines) is 1. The van der Waals surface area contributed by atoms with Crippen molar-refractivity contribution in [1.29, 1.82) is 0 Å². The predicted octanol–water partition coefficient (Wildman–Crippen LogP) is 6.14. The first-order valence-corrected chi connectivity index (χ1v) is 12.7. The van der Waals surface area contributed by atoms with Crippen molar-refractivity contribution in [3.05, 3.63) is 24.3 Å². The van der Waals surface area contributed by atoms with E-state index >= 15 is 0 Å². The summed E-state index contributed by atoms with van der Waals surface area (Å²) in [7, 11) is 0. The molecule has 1 aliphatic heterocycles. The zero-order valence-electron chi connectivity index (χ0n) is 21.3. The van der Waals surface area contributed by atoms with E-state index in [4.69, 9.17) is 9.47 Å². The Balaban J connectivity index is 1.97. The standard InChI is InChI=1S/C27H46N2O3/c1-7-17-32-27(19-21(2)3,20-22(4)5)26(30)28-24-11-13-25(14-12-24)31-18-16-29-15-9-8-10-23(29)6/h11-14,21-23H,7-10,15-20H2,1-6H3,(H,28,30)/t23-/m1/s1. The van der Waals surface area contributed by atoms with Crippen LogP contribution in [0.2, 0.25) is 0 Å². The van der Waals surface area contributed by atoms with Crippen molar-refractivity contribution < 1.29 is 14.3 Å². The number of nitrogens with one attached hydrogen (secondary N) is 1. The summed E-state index contributed by atoms with van der Waals surface area (Å²) in [5.41, 5.74) is -0.0115. The zero-order chi connectivity index (χ0) is 23.6. The van der Waals surface area contributed by atoms with E-state index in [-0.39, 0.29) is 5.91 Å². The Hall–Kier alpha value is -1.59. The fourth-order valence-electron chi connectivity index (χ4n) is 4.72. The molecule has 1 saturated heterocycles. The molecule has 2 rings (SSSR count). The second-order valence-electron chi connectivity index (χ2n) is 10.2. The molecule has 5 heteroatoms. The quantitative estimate of drug-likeness (QED) is 0.396. The van der Waals surface area contributed by atoms with Gasteiger partial charge in [0.25, 0.3) is 5.91 Å². The van der Waals surface area contributed by atoms with Crippen LogP contribution in [0.1, 0.15) is 80.1 Å². The van der Waals surface area contributed by atoms with Gasteiger partial charge in [-0.1, -0.05) is 41.0 Å². The van der Waals surface area contributed by atoms with Crippen molar-refractivity contribution in [2.45, 2.75) is 91.7 Å². The molecule has 1 heterocycles. The number of carbonyl (C=O) groups excluding carboxylic acids is 1. The fourth-order valence-corrected chi connectivity index (χ4v) is 4.72. The molecule has 0 radical (unpaired) electrons. The van der Waals surface area contributed by atoms with Crippen molar-refractivity contribution in [2.24, 2.45) is 11.8 Å². The highest BCUT2D eigenvalue weighted by molar-refractivity contribution is 5.97. The average molecular weight is 447 g/mol. The van der Waals surface area contributed by atoms with Crippen LogP contribution in [-0.4, -0.2) is 48.8 Å². The summed E-state index contributed by atoms with van der Waals surface area (Å²) in [5.74, 6) is 1.54. The zero-order valence-corrected chi connectivity index (χ0v) is 21.3. The molecule has 1 fully saturated rings. The summed E-state index contributed by atoms with van der Waals surface area (Å²) in [5, 5.41) is 3.12. The lowest BCUT2D eigenvalue weighted by Crippen LogP contribution is -2.47. The Morgan fingerprint density at radius 1 is 1.09 bits per heavy atom. The maximum Gasteiger partial charge on any atom is 0.256 e. The molecule has 0 aromatic heterocycles. The van der Waals surface area contributed by atoms with Gasteiger partial charge in [0.1, 0.15) is 18.0 Å². The van der Waals surface area contributed by atoms with E-state index in [9.17, 15) is 4.79 Å². The molecule has 1 amide bonds. The number of nitrogens with zero attached hydrogens (tertiary/aromatic N) is 1. The van der Waals surface area contributed by atoms with Crippen LogP contribution < -0.4 is 10.1 Å². The predicted molar refractivity (Wildman–Crippen MR) is 133 cm³/mol.